The van der Waals surface area contributed by atoms with Gasteiger partial charge in [-0.3, -0.25) is 4.57 Å². The Hall–Kier alpha value is -1.71. The smallest absolute Gasteiger partial charge is 0.350 e. The molecule has 11 heteroatoms. The minimum absolute atomic E-state index is 0.0868. The second kappa shape index (κ2) is 7.45. The van der Waals surface area contributed by atoms with Gasteiger partial charge in [0, 0.05) is 20.7 Å². The summed E-state index contributed by atoms with van der Waals surface area (Å²) >= 11 is 0. The number of ether oxygens (including phenoxy) is 1. The molecule has 2 heterocycles. The van der Waals surface area contributed by atoms with Crippen LogP contribution >= 0.6 is 7.60 Å². The van der Waals surface area contributed by atoms with Crippen molar-refractivity contribution in [1.82, 2.24) is 14.5 Å². The van der Waals surface area contributed by atoms with Crippen LogP contribution in [0.1, 0.15) is 12.5 Å². The highest BCUT2D eigenvalue weighted by atomic mass is 31.2. The lowest BCUT2D eigenvalue weighted by Crippen LogP contribution is -2.21. The van der Waals surface area contributed by atoms with Crippen LogP contribution in [0.25, 0.3) is 11.0 Å². The van der Waals surface area contributed by atoms with Gasteiger partial charge in [-0.05, 0) is 12.5 Å². The first-order valence-electron chi connectivity index (χ1n) is 7.26. The van der Waals surface area contributed by atoms with Crippen LogP contribution in [0.5, 0.6) is 0 Å². The SMILES string of the molecule is CN(C)c1cc2c(N)ncnc2n1C(CO)CCOCP(=O)(O)O. The second-order valence-corrected chi connectivity index (χ2v) is 7.18. The minimum Gasteiger partial charge on any atom is -0.394 e. The summed E-state index contributed by atoms with van der Waals surface area (Å²) in [5.74, 6) is 1.13. The monoisotopic (exact) mass is 359 g/mol. The van der Waals surface area contributed by atoms with Gasteiger partial charge in [0.05, 0.1) is 18.0 Å². The number of nitrogen functional groups attached to an aromatic ring is 1. The van der Waals surface area contributed by atoms with Crippen LogP contribution < -0.4 is 10.6 Å². The van der Waals surface area contributed by atoms with Gasteiger partial charge in [0.15, 0.2) is 0 Å². The van der Waals surface area contributed by atoms with E-state index in [1.54, 1.807) is 0 Å². The molecule has 0 aliphatic carbocycles. The minimum atomic E-state index is -4.20. The van der Waals surface area contributed by atoms with Crippen molar-refractivity contribution in [3.8, 4) is 0 Å². The third-order valence-corrected chi connectivity index (χ3v) is 4.05. The zero-order valence-corrected chi connectivity index (χ0v) is 14.4. The Balaban J connectivity index is 2.28. The first kappa shape index (κ1) is 18.6. The Bertz CT molecular complexity index is 744. The molecule has 0 radical (unpaired) electrons. The fourth-order valence-electron chi connectivity index (χ4n) is 2.45. The summed E-state index contributed by atoms with van der Waals surface area (Å²) in [7, 11) is -0.493. The predicted molar refractivity (Wildman–Crippen MR) is 89.9 cm³/mol. The Morgan fingerprint density at radius 2 is 2.12 bits per heavy atom. The lowest BCUT2D eigenvalue weighted by molar-refractivity contribution is 0.127. The third kappa shape index (κ3) is 4.22. The maximum atomic E-state index is 10.8. The maximum absolute atomic E-state index is 10.8. The van der Waals surface area contributed by atoms with Crippen molar-refractivity contribution < 1.29 is 24.2 Å². The molecule has 1 atom stereocenters. The topological polar surface area (TPSA) is 147 Å². The summed E-state index contributed by atoms with van der Waals surface area (Å²) < 4.78 is 17.6. The molecule has 0 spiro atoms. The fourth-order valence-corrected chi connectivity index (χ4v) is 2.81. The van der Waals surface area contributed by atoms with Gasteiger partial charge >= 0.3 is 7.60 Å². The summed E-state index contributed by atoms with van der Waals surface area (Å²) in [5, 5.41) is 10.4. The van der Waals surface area contributed by atoms with Gasteiger partial charge in [0.2, 0.25) is 0 Å². The van der Waals surface area contributed by atoms with Crippen molar-refractivity contribution in [2.24, 2.45) is 0 Å². The van der Waals surface area contributed by atoms with E-state index in [9.17, 15) is 9.67 Å². The number of anilines is 2. The van der Waals surface area contributed by atoms with Crippen LogP contribution in [-0.2, 0) is 9.30 Å². The average Bonchev–Trinajstić information content (AvgIpc) is 2.87. The number of aromatic nitrogens is 3. The van der Waals surface area contributed by atoms with E-state index in [-0.39, 0.29) is 19.3 Å². The Labute approximate surface area is 139 Å². The largest absolute Gasteiger partial charge is 0.394 e. The molecule has 2 aromatic rings. The molecule has 0 aliphatic rings. The van der Waals surface area contributed by atoms with Crippen molar-refractivity contribution in [2.75, 3.05) is 44.3 Å². The van der Waals surface area contributed by atoms with E-state index in [1.807, 2.05) is 29.6 Å². The van der Waals surface area contributed by atoms with Gasteiger partial charge in [-0.25, -0.2) is 9.97 Å². The summed E-state index contributed by atoms with van der Waals surface area (Å²) in [6, 6.07) is 1.45. The number of nitrogens with zero attached hydrogens (tertiary/aromatic N) is 4. The van der Waals surface area contributed by atoms with Gasteiger partial charge in [-0.15, -0.1) is 0 Å². The molecule has 10 nitrogen and oxygen atoms in total. The molecular weight excluding hydrogens is 337 g/mol. The van der Waals surface area contributed by atoms with Crippen LogP contribution in [-0.4, -0.2) is 63.1 Å². The van der Waals surface area contributed by atoms with E-state index in [1.165, 1.54) is 6.33 Å². The van der Waals surface area contributed by atoms with Gasteiger partial charge in [0.25, 0.3) is 0 Å². The average molecular weight is 359 g/mol. The zero-order valence-electron chi connectivity index (χ0n) is 13.5. The van der Waals surface area contributed by atoms with Gasteiger partial charge in [0.1, 0.15) is 30.0 Å². The molecule has 24 heavy (non-hydrogen) atoms. The Kier molecular flexibility index (Phi) is 5.79. The summed E-state index contributed by atoms with van der Waals surface area (Å²) in [4.78, 5) is 27.7. The molecule has 134 valence electrons. The van der Waals surface area contributed by atoms with E-state index >= 15 is 0 Å². The van der Waals surface area contributed by atoms with Crippen molar-refractivity contribution >= 4 is 30.3 Å². The molecule has 0 aromatic carbocycles. The molecule has 0 amide bonds. The van der Waals surface area contributed by atoms with Crippen molar-refractivity contribution in [3.63, 3.8) is 0 Å². The Morgan fingerprint density at radius 3 is 2.71 bits per heavy atom. The lowest BCUT2D eigenvalue weighted by Gasteiger charge is -2.23. The molecule has 2 aromatic heterocycles. The van der Waals surface area contributed by atoms with Gasteiger partial charge in [-0.1, -0.05) is 0 Å². The number of hydrogen-bond donors (Lipinski definition) is 4. The van der Waals surface area contributed by atoms with Crippen molar-refractivity contribution in [2.45, 2.75) is 12.5 Å². The molecule has 1 unspecified atom stereocenters. The highest BCUT2D eigenvalue weighted by molar-refractivity contribution is 7.51. The molecule has 0 saturated carbocycles. The number of rotatable bonds is 8. The predicted octanol–water partition coefficient (Wildman–Crippen LogP) is 0.155. The van der Waals surface area contributed by atoms with Gasteiger partial charge in [-0.2, -0.15) is 0 Å². The summed E-state index contributed by atoms with van der Waals surface area (Å²) in [6.45, 7) is -0.1000. The molecule has 0 aliphatic heterocycles. The zero-order chi connectivity index (χ0) is 17.9. The molecular formula is C13H22N5O5P. The van der Waals surface area contributed by atoms with Crippen molar-refractivity contribution in [1.29, 1.82) is 0 Å². The van der Waals surface area contributed by atoms with Crippen molar-refractivity contribution in [3.05, 3.63) is 12.4 Å². The van der Waals surface area contributed by atoms with Crippen LogP contribution in [0.15, 0.2) is 12.4 Å². The quantitative estimate of drug-likeness (QED) is 0.382. The summed E-state index contributed by atoms with van der Waals surface area (Å²) in [5.41, 5.74) is 6.48. The van der Waals surface area contributed by atoms with Crippen LogP contribution in [0, 0.1) is 0 Å². The first-order valence-corrected chi connectivity index (χ1v) is 9.06. The second-order valence-electron chi connectivity index (χ2n) is 5.59. The Morgan fingerprint density at radius 1 is 1.42 bits per heavy atom. The molecule has 0 saturated heterocycles. The molecule has 5 N–H and O–H groups in total. The van der Waals surface area contributed by atoms with Crippen LogP contribution in [0.2, 0.25) is 0 Å². The highest BCUT2D eigenvalue weighted by Crippen LogP contribution is 2.35. The molecule has 0 bridgehead atoms. The molecule has 0 fully saturated rings. The highest BCUT2D eigenvalue weighted by Gasteiger charge is 2.21. The number of aliphatic hydroxyl groups is 1. The van der Waals surface area contributed by atoms with E-state index in [0.29, 0.717) is 23.3 Å². The third-order valence-electron chi connectivity index (χ3n) is 3.53. The van der Waals surface area contributed by atoms with Crippen LogP contribution in [0.4, 0.5) is 11.6 Å². The standard InChI is InChI=1S/C13H22N5O5P/c1-17(2)11-5-10-12(14)15-7-16-13(10)18(11)9(6-19)3-4-23-8-24(20,21)22/h5,7,9,19H,3-4,6,8H2,1-2H3,(H2,14,15,16)(H2,20,21,22). The first-order chi connectivity index (χ1) is 11.2. The fraction of sp³-hybridized carbons (Fsp3) is 0.538. The lowest BCUT2D eigenvalue weighted by atomic mass is 10.2. The van der Waals surface area contributed by atoms with E-state index in [4.69, 9.17) is 20.3 Å². The normalized spacial score (nSPS) is 13.4. The number of fused-ring (bicyclic) bond motifs is 1. The summed E-state index contributed by atoms with van der Waals surface area (Å²) in [6.07, 6.45) is 1.06. The van der Waals surface area contributed by atoms with E-state index in [0.717, 1.165) is 5.82 Å². The number of aliphatic hydroxyl groups excluding tert-OH is 1. The number of hydrogen-bond acceptors (Lipinski definition) is 7. The van der Waals surface area contributed by atoms with E-state index in [2.05, 4.69) is 9.97 Å². The molecule has 2 rings (SSSR count). The van der Waals surface area contributed by atoms with Crippen LogP contribution in [0.3, 0.4) is 0 Å². The van der Waals surface area contributed by atoms with Gasteiger partial charge < -0.3 is 34.8 Å². The van der Waals surface area contributed by atoms with E-state index < -0.39 is 13.9 Å². The number of nitrogens with two attached hydrogens (primary N) is 1. The maximum Gasteiger partial charge on any atom is 0.350 e.